The highest BCUT2D eigenvalue weighted by Crippen LogP contribution is 2.41. The van der Waals surface area contributed by atoms with Gasteiger partial charge in [0.25, 0.3) is 0 Å². The van der Waals surface area contributed by atoms with Gasteiger partial charge in [0.2, 0.25) is 0 Å². The number of rotatable bonds is 5. The third-order valence-corrected chi connectivity index (χ3v) is 9.47. The Kier molecular flexibility index (Phi) is 6.42. The summed E-state index contributed by atoms with van der Waals surface area (Å²) < 4.78 is 8.58. The summed E-state index contributed by atoms with van der Waals surface area (Å²) in [6.45, 7) is 0. The van der Waals surface area contributed by atoms with Gasteiger partial charge in [-0.3, -0.25) is 0 Å². The molecule has 0 spiro atoms. The fraction of sp³-hybridized carbons (Fsp3) is 0. The molecule has 3 heterocycles. The van der Waals surface area contributed by atoms with Gasteiger partial charge in [-0.2, -0.15) is 0 Å². The average molecular weight is 641 g/mol. The predicted octanol–water partition coefficient (Wildman–Crippen LogP) is 11.5. The van der Waals surface area contributed by atoms with Gasteiger partial charge in [-0.15, -0.1) is 0 Å². The number of nitrogens with zero attached hydrogens (tertiary/aromatic N) is 4. The van der Waals surface area contributed by atoms with Crippen molar-refractivity contribution < 1.29 is 4.42 Å². The van der Waals surface area contributed by atoms with E-state index in [0.717, 1.165) is 66.5 Å². The quantitative estimate of drug-likeness (QED) is 0.188. The molecule has 0 aliphatic carbocycles. The fourth-order valence-electron chi connectivity index (χ4n) is 7.20. The molecule has 7 aromatic carbocycles. The van der Waals surface area contributed by atoms with Crippen molar-refractivity contribution in [2.75, 3.05) is 0 Å². The van der Waals surface area contributed by atoms with Gasteiger partial charge < -0.3 is 8.98 Å². The maximum Gasteiger partial charge on any atom is 0.166 e. The Morgan fingerprint density at radius 1 is 0.380 bits per heavy atom. The predicted molar refractivity (Wildman–Crippen MR) is 203 cm³/mol. The second-order valence-corrected chi connectivity index (χ2v) is 12.4. The maximum absolute atomic E-state index is 6.24. The zero-order chi connectivity index (χ0) is 33.0. The monoisotopic (exact) mass is 640 g/mol. The van der Waals surface area contributed by atoms with Crippen molar-refractivity contribution in [3.8, 4) is 51.0 Å². The first kappa shape index (κ1) is 28.2. The van der Waals surface area contributed by atoms with Crippen LogP contribution in [0.1, 0.15) is 0 Å². The molecule has 0 atom stereocenters. The van der Waals surface area contributed by atoms with Crippen molar-refractivity contribution in [2.45, 2.75) is 0 Å². The summed E-state index contributed by atoms with van der Waals surface area (Å²) in [5.74, 6) is 1.89. The van der Waals surface area contributed by atoms with Crippen molar-refractivity contribution in [2.24, 2.45) is 0 Å². The number of hydrogen-bond acceptors (Lipinski definition) is 4. The van der Waals surface area contributed by atoms with Crippen LogP contribution in [0.25, 0.3) is 94.7 Å². The van der Waals surface area contributed by atoms with Crippen LogP contribution in [-0.2, 0) is 0 Å². The van der Waals surface area contributed by atoms with Crippen molar-refractivity contribution in [3.05, 3.63) is 170 Å². The molecule has 234 valence electrons. The second kappa shape index (κ2) is 11.4. The minimum absolute atomic E-state index is 0.620. The van der Waals surface area contributed by atoms with Crippen molar-refractivity contribution >= 4 is 43.7 Å². The Labute approximate surface area is 287 Å². The Morgan fingerprint density at radius 2 is 0.960 bits per heavy atom. The van der Waals surface area contributed by atoms with Gasteiger partial charge >= 0.3 is 0 Å². The van der Waals surface area contributed by atoms with Crippen LogP contribution in [0, 0.1) is 0 Å². The standard InChI is InChI=1S/C45H28N4O/c1-3-14-29(15-4-1)43-46-44(30-16-5-2-6-17-30)48-45(47-43)34-19-8-11-23-38(34)49-37-22-10-7-18-33(37)36-28-31(26-27-39(36)49)32-21-13-25-41-42(32)35-20-9-12-24-40(35)50-41/h1-28H. The fourth-order valence-corrected chi connectivity index (χ4v) is 7.20. The first-order chi connectivity index (χ1) is 24.8. The average Bonchev–Trinajstić information content (AvgIpc) is 3.74. The molecule has 0 unspecified atom stereocenters. The third kappa shape index (κ3) is 4.52. The Morgan fingerprint density at radius 3 is 1.74 bits per heavy atom. The Balaban J connectivity index is 1.20. The minimum atomic E-state index is 0.620. The summed E-state index contributed by atoms with van der Waals surface area (Å²) in [5.41, 5.74) is 10.1. The highest BCUT2D eigenvalue weighted by molar-refractivity contribution is 6.15. The molecule has 0 bridgehead atoms. The first-order valence-electron chi connectivity index (χ1n) is 16.7. The molecule has 0 saturated carbocycles. The van der Waals surface area contributed by atoms with Crippen LogP contribution in [0.15, 0.2) is 174 Å². The summed E-state index contributed by atoms with van der Waals surface area (Å²) in [5, 5.41) is 4.60. The first-order valence-corrected chi connectivity index (χ1v) is 16.7. The van der Waals surface area contributed by atoms with E-state index < -0.39 is 0 Å². The number of aromatic nitrogens is 4. The van der Waals surface area contributed by atoms with Crippen molar-refractivity contribution in [1.29, 1.82) is 0 Å². The summed E-state index contributed by atoms with van der Waals surface area (Å²) in [6, 6.07) is 58.6. The van der Waals surface area contributed by atoms with Gasteiger partial charge in [0, 0.05) is 38.2 Å². The number of hydrogen-bond donors (Lipinski definition) is 0. The Bertz CT molecular complexity index is 2810. The van der Waals surface area contributed by atoms with Crippen LogP contribution in [0.3, 0.4) is 0 Å². The second-order valence-electron chi connectivity index (χ2n) is 12.4. The molecule has 5 nitrogen and oxygen atoms in total. The van der Waals surface area contributed by atoms with Crippen LogP contribution >= 0.6 is 0 Å². The zero-order valence-corrected chi connectivity index (χ0v) is 26.9. The SMILES string of the molecule is c1ccc(-c2nc(-c3ccccc3)nc(-c3ccccc3-n3c4ccccc4c4cc(-c5cccc6oc7ccccc7c56)ccc43)n2)cc1. The lowest BCUT2D eigenvalue weighted by Crippen LogP contribution is -2.03. The van der Waals surface area contributed by atoms with E-state index in [1.807, 2.05) is 78.9 Å². The van der Waals surface area contributed by atoms with Gasteiger partial charge in [0.1, 0.15) is 11.2 Å². The van der Waals surface area contributed by atoms with E-state index >= 15 is 0 Å². The highest BCUT2D eigenvalue weighted by atomic mass is 16.3. The van der Waals surface area contributed by atoms with Gasteiger partial charge in [-0.1, -0.05) is 127 Å². The molecule has 0 saturated heterocycles. The number of para-hydroxylation sites is 3. The number of fused-ring (bicyclic) bond motifs is 6. The van der Waals surface area contributed by atoms with Gasteiger partial charge in [0.15, 0.2) is 17.5 Å². The Hall–Kier alpha value is -6.85. The lowest BCUT2D eigenvalue weighted by molar-refractivity contribution is 0.669. The van der Waals surface area contributed by atoms with E-state index in [9.17, 15) is 0 Å². The maximum atomic E-state index is 6.24. The molecule has 0 amide bonds. The summed E-state index contributed by atoms with van der Waals surface area (Å²) >= 11 is 0. The van der Waals surface area contributed by atoms with Gasteiger partial charge in [0.05, 0.1) is 16.7 Å². The summed E-state index contributed by atoms with van der Waals surface area (Å²) in [7, 11) is 0. The van der Waals surface area contributed by atoms with Crippen molar-refractivity contribution in [1.82, 2.24) is 19.5 Å². The van der Waals surface area contributed by atoms with Crippen molar-refractivity contribution in [3.63, 3.8) is 0 Å². The van der Waals surface area contributed by atoms with Crippen LogP contribution in [0.5, 0.6) is 0 Å². The zero-order valence-electron chi connectivity index (χ0n) is 26.9. The summed E-state index contributed by atoms with van der Waals surface area (Å²) in [6.07, 6.45) is 0. The van der Waals surface area contributed by atoms with E-state index in [-0.39, 0.29) is 0 Å². The van der Waals surface area contributed by atoms with E-state index in [1.54, 1.807) is 0 Å². The van der Waals surface area contributed by atoms with Crippen LogP contribution in [0.2, 0.25) is 0 Å². The van der Waals surface area contributed by atoms with Crippen LogP contribution in [-0.4, -0.2) is 19.5 Å². The molecule has 0 fully saturated rings. The van der Waals surface area contributed by atoms with Gasteiger partial charge in [-0.25, -0.2) is 15.0 Å². The van der Waals surface area contributed by atoms with Crippen LogP contribution in [0.4, 0.5) is 0 Å². The van der Waals surface area contributed by atoms with E-state index in [4.69, 9.17) is 19.4 Å². The molecule has 0 aliphatic rings. The molecule has 0 aliphatic heterocycles. The molecule has 0 N–H and O–H groups in total. The lowest BCUT2D eigenvalue weighted by Gasteiger charge is -2.14. The normalized spacial score (nSPS) is 11.6. The summed E-state index contributed by atoms with van der Waals surface area (Å²) in [4.78, 5) is 15.1. The third-order valence-electron chi connectivity index (χ3n) is 9.47. The largest absolute Gasteiger partial charge is 0.456 e. The molecule has 10 rings (SSSR count). The molecular weight excluding hydrogens is 613 g/mol. The number of furan rings is 1. The molecule has 50 heavy (non-hydrogen) atoms. The van der Waals surface area contributed by atoms with Crippen LogP contribution < -0.4 is 0 Å². The minimum Gasteiger partial charge on any atom is -0.456 e. The lowest BCUT2D eigenvalue weighted by atomic mass is 9.98. The number of benzene rings is 7. The molecule has 5 heteroatoms. The molecule has 0 radical (unpaired) electrons. The van der Waals surface area contributed by atoms with E-state index in [2.05, 4.69) is 95.6 Å². The van der Waals surface area contributed by atoms with E-state index in [1.165, 1.54) is 10.8 Å². The molecule has 3 aromatic heterocycles. The smallest absolute Gasteiger partial charge is 0.166 e. The van der Waals surface area contributed by atoms with Gasteiger partial charge in [-0.05, 0) is 53.6 Å². The highest BCUT2D eigenvalue weighted by Gasteiger charge is 2.20. The molecular formula is C45H28N4O. The topological polar surface area (TPSA) is 56.7 Å². The van der Waals surface area contributed by atoms with E-state index in [0.29, 0.717) is 17.5 Å². The molecule has 10 aromatic rings.